The van der Waals surface area contributed by atoms with E-state index in [0.717, 1.165) is 0 Å². The Bertz CT molecular complexity index is 485. The zero-order valence-corrected chi connectivity index (χ0v) is 10.7. The van der Waals surface area contributed by atoms with Gasteiger partial charge in [0.15, 0.2) is 0 Å². The topological polar surface area (TPSA) is 81.8 Å². The van der Waals surface area contributed by atoms with Crippen molar-refractivity contribution in [2.75, 3.05) is 0 Å². The van der Waals surface area contributed by atoms with E-state index < -0.39 is 15.7 Å². The number of alkyl halides is 2. The molecule has 0 spiro atoms. The zero-order valence-electron chi connectivity index (χ0n) is 9.17. The van der Waals surface area contributed by atoms with Gasteiger partial charge in [-0.2, -0.15) is 0 Å². The van der Waals surface area contributed by atoms with Gasteiger partial charge in [-0.25, -0.2) is 4.79 Å². The van der Waals surface area contributed by atoms with Crippen LogP contribution >= 0.6 is 23.2 Å². The fraction of sp³-hybridized carbons (Fsp3) is 0.200. The van der Waals surface area contributed by atoms with Gasteiger partial charge >= 0.3 is 5.97 Å². The van der Waals surface area contributed by atoms with Crippen molar-refractivity contribution in [3.63, 3.8) is 0 Å². The molecule has 0 heterocycles. The van der Waals surface area contributed by atoms with Gasteiger partial charge in [-0.15, -0.1) is 0 Å². The number of hydrogen-bond acceptors (Lipinski definition) is 5. The molecular weight excluding hydrogens is 283 g/mol. The molecular formula is C10H8Cl2N2O4. The van der Waals surface area contributed by atoms with E-state index in [1.807, 2.05) is 0 Å². The Kier molecular flexibility index (Phi) is 5.06. The summed E-state index contributed by atoms with van der Waals surface area (Å²) in [6.45, 7) is 1.49. The summed E-state index contributed by atoms with van der Waals surface area (Å²) in [5, 5.41) is 13.8. The highest BCUT2D eigenvalue weighted by Gasteiger charge is 2.11. The van der Waals surface area contributed by atoms with Crippen molar-refractivity contribution in [1.82, 2.24) is 0 Å². The van der Waals surface area contributed by atoms with E-state index in [4.69, 9.17) is 23.2 Å². The molecule has 96 valence electrons. The number of nitrogens with zero attached hydrogens (tertiary/aromatic N) is 2. The molecule has 0 amide bonds. The first-order chi connectivity index (χ1) is 8.41. The standard InChI is InChI=1S/C10H8Cl2N2O4/c1-6(9(11)12)13-18-10(15)7-2-4-8(5-3-7)14(16)17/h2-5,9H,1H3. The predicted molar refractivity (Wildman–Crippen MR) is 67.1 cm³/mol. The van der Waals surface area contributed by atoms with Crippen molar-refractivity contribution in [3.05, 3.63) is 39.9 Å². The Morgan fingerprint density at radius 1 is 1.39 bits per heavy atom. The van der Waals surface area contributed by atoms with E-state index in [9.17, 15) is 14.9 Å². The van der Waals surface area contributed by atoms with Crippen LogP contribution in [-0.2, 0) is 4.84 Å². The lowest BCUT2D eigenvalue weighted by Crippen LogP contribution is -2.07. The Morgan fingerprint density at radius 2 is 1.94 bits per heavy atom. The van der Waals surface area contributed by atoms with Gasteiger partial charge in [0.1, 0.15) is 4.84 Å². The van der Waals surface area contributed by atoms with Crippen LogP contribution in [0.5, 0.6) is 0 Å². The number of non-ortho nitro benzene ring substituents is 1. The van der Waals surface area contributed by atoms with Crippen molar-refractivity contribution in [2.45, 2.75) is 11.8 Å². The molecule has 0 aliphatic rings. The van der Waals surface area contributed by atoms with E-state index in [0.29, 0.717) is 0 Å². The maximum atomic E-state index is 11.5. The molecule has 0 saturated heterocycles. The normalized spacial score (nSPS) is 11.4. The number of nitro groups is 1. The van der Waals surface area contributed by atoms with Gasteiger partial charge in [-0.3, -0.25) is 10.1 Å². The molecule has 0 bridgehead atoms. The van der Waals surface area contributed by atoms with Gasteiger partial charge in [0.25, 0.3) is 5.69 Å². The third-order valence-electron chi connectivity index (χ3n) is 1.90. The predicted octanol–water partition coefficient (Wildman–Crippen LogP) is 2.93. The molecule has 0 atom stereocenters. The van der Waals surface area contributed by atoms with Crippen molar-refractivity contribution >= 4 is 40.6 Å². The highest BCUT2D eigenvalue weighted by atomic mass is 35.5. The van der Waals surface area contributed by atoms with Gasteiger partial charge in [0.2, 0.25) is 0 Å². The second-order valence-corrected chi connectivity index (χ2v) is 4.31. The monoisotopic (exact) mass is 290 g/mol. The number of carbonyl (C=O) groups excluding carboxylic acids is 1. The number of hydrogen-bond donors (Lipinski definition) is 0. The average molecular weight is 291 g/mol. The Hall–Kier alpha value is -1.66. The number of halogens is 2. The van der Waals surface area contributed by atoms with Crippen molar-refractivity contribution in [3.8, 4) is 0 Å². The third kappa shape index (κ3) is 3.97. The first kappa shape index (κ1) is 14.4. The Balaban J connectivity index is 2.73. The lowest BCUT2D eigenvalue weighted by Gasteiger charge is -2.00. The highest BCUT2D eigenvalue weighted by Crippen LogP contribution is 2.13. The van der Waals surface area contributed by atoms with Gasteiger partial charge in [0, 0.05) is 12.1 Å². The minimum atomic E-state index is -0.866. The summed E-state index contributed by atoms with van der Waals surface area (Å²) in [6, 6.07) is 4.92. The number of carbonyl (C=O) groups is 1. The first-order valence-corrected chi connectivity index (χ1v) is 5.57. The smallest absolute Gasteiger partial charge is 0.313 e. The molecule has 8 heteroatoms. The SMILES string of the molecule is CC(=NOC(=O)c1ccc([N+](=O)[O-])cc1)C(Cl)Cl. The average Bonchev–Trinajstić information content (AvgIpc) is 2.35. The lowest BCUT2D eigenvalue weighted by molar-refractivity contribution is -0.384. The molecule has 18 heavy (non-hydrogen) atoms. The summed E-state index contributed by atoms with van der Waals surface area (Å²) in [6.07, 6.45) is 0. The quantitative estimate of drug-likeness (QED) is 0.281. The fourth-order valence-electron chi connectivity index (χ4n) is 0.925. The summed E-state index contributed by atoms with van der Waals surface area (Å²) in [7, 11) is 0. The molecule has 0 aliphatic heterocycles. The van der Waals surface area contributed by atoms with E-state index >= 15 is 0 Å². The lowest BCUT2D eigenvalue weighted by atomic mass is 10.2. The minimum Gasteiger partial charge on any atom is -0.313 e. The largest absolute Gasteiger partial charge is 0.365 e. The summed E-state index contributed by atoms with van der Waals surface area (Å²) >= 11 is 11.0. The van der Waals surface area contributed by atoms with Crippen LogP contribution in [0.4, 0.5) is 5.69 Å². The van der Waals surface area contributed by atoms with Crippen LogP contribution in [0.1, 0.15) is 17.3 Å². The van der Waals surface area contributed by atoms with Crippen LogP contribution in [0, 0.1) is 10.1 Å². The summed E-state index contributed by atoms with van der Waals surface area (Å²) in [4.78, 5) is 25.0. The molecule has 0 saturated carbocycles. The second-order valence-electron chi connectivity index (χ2n) is 3.22. The van der Waals surface area contributed by atoms with Crippen molar-refractivity contribution in [2.24, 2.45) is 5.16 Å². The maximum absolute atomic E-state index is 11.5. The molecule has 0 N–H and O–H groups in total. The van der Waals surface area contributed by atoms with Gasteiger partial charge in [0.05, 0.1) is 16.2 Å². The molecule has 6 nitrogen and oxygen atoms in total. The van der Waals surface area contributed by atoms with Crippen LogP contribution in [0.2, 0.25) is 0 Å². The first-order valence-electron chi connectivity index (χ1n) is 4.70. The fourth-order valence-corrected chi connectivity index (χ4v) is 1.00. The second kappa shape index (κ2) is 6.32. The van der Waals surface area contributed by atoms with Crippen molar-refractivity contribution in [1.29, 1.82) is 0 Å². The molecule has 0 aliphatic carbocycles. The molecule has 0 fully saturated rings. The Morgan fingerprint density at radius 3 is 2.39 bits per heavy atom. The molecule has 0 radical (unpaired) electrons. The van der Waals surface area contributed by atoms with Crippen LogP contribution in [0.25, 0.3) is 0 Å². The van der Waals surface area contributed by atoms with Crippen LogP contribution in [0.3, 0.4) is 0 Å². The van der Waals surface area contributed by atoms with Crippen LogP contribution in [-0.4, -0.2) is 21.4 Å². The van der Waals surface area contributed by atoms with Gasteiger partial charge in [-0.1, -0.05) is 28.4 Å². The van der Waals surface area contributed by atoms with Gasteiger partial charge < -0.3 is 4.84 Å². The minimum absolute atomic E-state index is 0.118. The molecule has 1 rings (SSSR count). The molecule has 1 aromatic rings. The Labute approximate surface area is 112 Å². The van der Waals surface area contributed by atoms with E-state index in [-0.39, 0.29) is 17.0 Å². The maximum Gasteiger partial charge on any atom is 0.365 e. The number of nitro benzene ring substituents is 1. The van der Waals surface area contributed by atoms with Crippen molar-refractivity contribution < 1.29 is 14.6 Å². The third-order valence-corrected chi connectivity index (χ3v) is 2.53. The van der Waals surface area contributed by atoms with Crippen LogP contribution < -0.4 is 0 Å². The van der Waals surface area contributed by atoms with E-state index in [1.54, 1.807) is 0 Å². The summed E-state index contributed by atoms with van der Waals surface area (Å²) in [5.74, 6) is -0.752. The number of benzene rings is 1. The zero-order chi connectivity index (χ0) is 13.7. The van der Waals surface area contributed by atoms with E-state index in [2.05, 4.69) is 9.99 Å². The molecule has 0 unspecified atom stereocenters. The highest BCUT2D eigenvalue weighted by molar-refractivity contribution is 6.54. The van der Waals surface area contributed by atoms with E-state index in [1.165, 1.54) is 31.2 Å². The number of oxime groups is 1. The molecule has 1 aromatic carbocycles. The summed E-state index contributed by atoms with van der Waals surface area (Å²) in [5.41, 5.74) is 0.249. The molecule has 0 aromatic heterocycles. The van der Waals surface area contributed by atoms with Gasteiger partial charge in [-0.05, 0) is 19.1 Å². The van der Waals surface area contributed by atoms with Crippen LogP contribution in [0.15, 0.2) is 29.4 Å². The number of rotatable bonds is 4. The summed E-state index contributed by atoms with van der Waals surface area (Å²) < 4.78 is 0.